The fraction of sp³-hybridized carbons (Fsp3) is 0.381. The molecule has 0 saturated heterocycles. The number of nitrogens with zero attached hydrogens (tertiary/aromatic N) is 2. The summed E-state index contributed by atoms with van der Waals surface area (Å²) in [4.78, 5) is 16.4. The normalized spacial score (nSPS) is 26.2. The Bertz CT molecular complexity index is 867. The molecule has 0 spiro atoms. The topological polar surface area (TPSA) is 75.0 Å². The summed E-state index contributed by atoms with van der Waals surface area (Å²) in [5, 5.41) is 12.5. The van der Waals surface area contributed by atoms with Crippen LogP contribution in [0.4, 0.5) is 0 Å². The van der Waals surface area contributed by atoms with Gasteiger partial charge in [-0.05, 0) is 61.8 Å². The number of benzene rings is 1. The van der Waals surface area contributed by atoms with Crippen LogP contribution in [0.3, 0.4) is 0 Å². The number of hydrogen-bond acceptors (Lipinski definition) is 4. The van der Waals surface area contributed by atoms with Gasteiger partial charge in [0, 0.05) is 18.3 Å². The van der Waals surface area contributed by atoms with Gasteiger partial charge in [0.25, 0.3) is 5.91 Å². The van der Waals surface area contributed by atoms with Gasteiger partial charge >= 0.3 is 0 Å². The third kappa shape index (κ3) is 3.91. The molecule has 1 N–H and O–H groups in total. The van der Waals surface area contributed by atoms with Gasteiger partial charge in [-0.2, -0.15) is 5.26 Å². The summed E-state index contributed by atoms with van der Waals surface area (Å²) in [6, 6.07) is 12.8. The van der Waals surface area contributed by atoms with E-state index in [0.717, 1.165) is 25.7 Å². The number of carbonyl (C=O) groups excluding carboxylic acids is 1. The third-order valence-electron chi connectivity index (χ3n) is 5.57. The van der Waals surface area contributed by atoms with Crippen LogP contribution in [0, 0.1) is 23.2 Å². The van der Waals surface area contributed by atoms with Crippen LogP contribution in [0.25, 0.3) is 0 Å². The zero-order valence-electron chi connectivity index (χ0n) is 14.8. The van der Waals surface area contributed by atoms with Gasteiger partial charge in [-0.15, -0.1) is 0 Å². The molecule has 5 nitrogen and oxygen atoms in total. The van der Waals surface area contributed by atoms with Crippen molar-refractivity contribution in [3.05, 3.63) is 58.9 Å². The van der Waals surface area contributed by atoms with E-state index in [1.165, 1.54) is 0 Å². The average molecular weight is 382 g/mol. The lowest BCUT2D eigenvalue weighted by molar-refractivity contribution is 0.0930. The Morgan fingerprint density at radius 1 is 1.19 bits per heavy atom. The van der Waals surface area contributed by atoms with Gasteiger partial charge in [-0.25, -0.2) is 0 Å². The van der Waals surface area contributed by atoms with E-state index in [4.69, 9.17) is 21.6 Å². The van der Waals surface area contributed by atoms with Crippen LogP contribution in [-0.2, 0) is 0 Å². The Balaban J connectivity index is 1.30. The van der Waals surface area contributed by atoms with E-state index in [9.17, 15) is 4.79 Å². The van der Waals surface area contributed by atoms with Crippen molar-refractivity contribution in [1.29, 1.82) is 5.26 Å². The molecule has 0 bridgehead atoms. The maximum Gasteiger partial charge on any atom is 0.270 e. The van der Waals surface area contributed by atoms with E-state index in [0.29, 0.717) is 33.9 Å². The molecular formula is C21H20ClN3O2. The minimum atomic E-state index is -0.0967. The summed E-state index contributed by atoms with van der Waals surface area (Å²) in [6.45, 7) is 0. The lowest BCUT2D eigenvalue weighted by atomic mass is 10.0. The number of hydrogen-bond donors (Lipinski definition) is 1. The van der Waals surface area contributed by atoms with Crippen molar-refractivity contribution in [3.8, 4) is 11.8 Å². The number of rotatable bonds is 4. The van der Waals surface area contributed by atoms with Crippen LogP contribution >= 0.6 is 11.6 Å². The molecule has 1 heterocycles. The molecule has 4 rings (SSSR count). The Hall–Kier alpha value is -2.58. The molecule has 2 atom stereocenters. The monoisotopic (exact) mass is 381 g/mol. The predicted molar refractivity (Wildman–Crippen MR) is 102 cm³/mol. The second kappa shape index (κ2) is 7.58. The van der Waals surface area contributed by atoms with Crippen molar-refractivity contribution < 1.29 is 9.53 Å². The Morgan fingerprint density at radius 2 is 1.96 bits per heavy atom. The molecular weight excluding hydrogens is 362 g/mol. The molecule has 1 aromatic carbocycles. The number of carbonyl (C=O) groups is 1. The van der Waals surface area contributed by atoms with E-state index < -0.39 is 0 Å². The smallest absolute Gasteiger partial charge is 0.270 e. The molecule has 0 radical (unpaired) electrons. The molecule has 1 amide bonds. The number of fused-ring (bicyclic) bond motifs is 1. The van der Waals surface area contributed by atoms with Crippen molar-refractivity contribution in [2.45, 2.75) is 37.8 Å². The number of amides is 1. The maximum absolute atomic E-state index is 12.3. The van der Waals surface area contributed by atoms with Gasteiger partial charge < -0.3 is 10.1 Å². The fourth-order valence-electron chi connectivity index (χ4n) is 4.38. The molecule has 6 heteroatoms. The first-order chi connectivity index (χ1) is 13.1. The van der Waals surface area contributed by atoms with Crippen LogP contribution in [0.2, 0.25) is 5.02 Å². The van der Waals surface area contributed by atoms with Crippen molar-refractivity contribution in [3.63, 3.8) is 0 Å². The lowest BCUT2D eigenvalue weighted by Crippen LogP contribution is -2.34. The standard InChI is InChI=1S/C21H20ClN3O2/c22-19-11-17(5-4-13(19)12-23)27-18-9-14-7-16(8-15(14)10-18)25-21(26)20-3-1-2-6-24-20/h1-6,11,14-16,18H,7-10H2,(H,25,26). The maximum atomic E-state index is 12.3. The SMILES string of the molecule is N#Cc1ccc(OC2CC3CC(NC(=O)c4ccccn4)CC3C2)cc1Cl. The average Bonchev–Trinajstić information content (AvgIpc) is 3.20. The molecule has 138 valence electrons. The Labute approximate surface area is 163 Å². The summed E-state index contributed by atoms with van der Waals surface area (Å²) in [5.41, 5.74) is 0.923. The van der Waals surface area contributed by atoms with Crippen LogP contribution in [0.5, 0.6) is 5.75 Å². The molecule has 2 fully saturated rings. The molecule has 2 aliphatic rings. The van der Waals surface area contributed by atoms with E-state index in [2.05, 4.69) is 16.4 Å². The zero-order chi connectivity index (χ0) is 18.8. The lowest BCUT2D eigenvalue weighted by Gasteiger charge is -2.18. The highest BCUT2D eigenvalue weighted by atomic mass is 35.5. The first kappa shape index (κ1) is 17.8. The van der Waals surface area contributed by atoms with E-state index in [-0.39, 0.29) is 18.1 Å². The first-order valence-electron chi connectivity index (χ1n) is 9.20. The minimum Gasteiger partial charge on any atom is -0.490 e. The summed E-state index contributed by atoms with van der Waals surface area (Å²) in [7, 11) is 0. The molecule has 2 unspecified atom stereocenters. The van der Waals surface area contributed by atoms with Crippen LogP contribution in [0.15, 0.2) is 42.6 Å². The van der Waals surface area contributed by atoms with Gasteiger partial charge in [-0.3, -0.25) is 9.78 Å². The highest BCUT2D eigenvalue weighted by molar-refractivity contribution is 6.31. The third-order valence-corrected chi connectivity index (χ3v) is 5.88. The largest absolute Gasteiger partial charge is 0.490 e. The molecule has 2 aliphatic carbocycles. The van der Waals surface area contributed by atoms with Gasteiger partial charge in [0.1, 0.15) is 17.5 Å². The molecule has 2 saturated carbocycles. The Morgan fingerprint density at radius 3 is 2.59 bits per heavy atom. The molecule has 0 aliphatic heterocycles. The van der Waals surface area contributed by atoms with Crippen LogP contribution in [-0.4, -0.2) is 23.0 Å². The molecule has 2 aromatic rings. The van der Waals surface area contributed by atoms with Crippen molar-refractivity contribution in [1.82, 2.24) is 10.3 Å². The quantitative estimate of drug-likeness (QED) is 0.869. The second-order valence-corrected chi connectivity index (χ2v) is 7.75. The van der Waals surface area contributed by atoms with Crippen molar-refractivity contribution in [2.75, 3.05) is 0 Å². The summed E-state index contributed by atoms with van der Waals surface area (Å²) < 4.78 is 6.09. The van der Waals surface area contributed by atoms with Crippen molar-refractivity contribution in [2.24, 2.45) is 11.8 Å². The Kier molecular flexibility index (Phi) is 5.00. The number of aromatic nitrogens is 1. The minimum absolute atomic E-state index is 0.0967. The van der Waals surface area contributed by atoms with Gasteiger partial charge in [0.15, 0.2) is 0 Å². The van der Waals surface area contributed by atoms with Gasteiger partial charge in [0.05, 0.1) is 16.7 Å². The van der Waals surface area contributed by atoms with Crippen LogP contribution in [0.1, 0.15) is 41.7 Å². The van der Waals surface area contributed by atoms with Gasteiger partial charge in [0.2, 0.25) is 0 Å². The molecule has 27 heavy (non-hydrogen) atoms. The predicted octanol–water partition coefficient (Wildman–Crippen LogP) is 3.97. The van der Waals surface area contributed by atoms with E-state index in [1.54, 1.807) is 36.5 Å². The fourth-order valence-corrected chi connectivity index (χ4v) is 4.60. The second-order valence-electron chi connectivity index (χ2n) is 7.34. The number of nitrogens with one attached hydrogen (secondary N) is 1. The first-order valence-corrected chi connectivity index (χ1v) is 9.58. The zero-order valence-corrected chi connectivity index (χ0v) is 15.5. The number of nitriles is 1. The number of halogens is 1. The van der Waals surface area contributed by atoms with Crippen molar-refractivity contribution >= 4 is 17.5 Å². The number of ether oxygens (including phenoxy) is 1. The van der Waals surface area contributed by atoms with Crippen LogP contribution < -0.4 is 10.1 Å². The highest BCUT2D eigenvalue weighted by Crippen LogP contribution is 2.45. The summed E-state index contributed by atoms with van der Waals surface area (Å²) >= 11 is 6.08. The van der Waals surface area contributed by atoms with E-state index in [1.807, 2.05) is 6.07 Å². The number of pyridine rings is 1. The van der Waals surface area contributed by atoms with E-state index >= 15 is 0 Å². The molecule has 1 aromatic heterocycles. The summed E-state index contributed by atoms with van der Waals surface area (Å²) in [5.74, 6) is 1.75. The summed E-state index contributed by atoms with van der Waals surface area (Å²) in [6.07, 6.45) is 5.73. The highest BCUT2D eigenvalue weighted by Gasteiger charge is 2.43. The van der Waals surface area contributed by atoms with Gasteiger partial charge in [-0.1, -0.05) is 17.7 Å².